The van der Waals surface area contributed by atoms with Crippen LogP contribution in [-0.2, 0) is 0 Å². The number of phenols is 2. The topological polar surface area (TPSA) is 102 Å². The fourth-order valence-electron chi connectivity index (χ4n) is 1.57. The van der Waals surface area contributed by atoms with Crippen LogP contribution < -0.4 is 16.2 Å². The van der Waals surface area contributed by atoms with Gasteiger partial charge in [-0.3, -0.25) is 0 Å². The van der Waals surface area contributed by atoms with Gasteiger partial charge in [0.25, 0.3) is 0 Å². The second kappa shape index (κ2) is 6.59. The molecule has 0 unspecified atom stereocenters. The van der Waals surface area contributed by atoms with E-state index in [-0.39, 0.29) is 53.0 Å². The van der Waals surface area contributed by atoms with Crippen molar-refractivity contribution in [2.24, 2.45) is 0 Å². The summed E-state index contributed by atoms with van der Waals surface area (Å²) in [5, 5.41) is 18.2. The van der Waals surface area contributed by atoms with E-state index >= 15 is 0 Å². The van der Waals surface area contributed by atoms with E-state index < -0.39 is 11.5 Å². The third-order valence-corrected chi connectivity index (χ3v) is 5.19. The number of nitrogen functional groups attached to an aromatic ring is 2. The van der Waals surface area contributed by atoms with Crippen molar-refractivity contribution in [1.82, 2.24) is 0 Å². The lowest BCUT2D eigenvalue weighted by Crippen LogP contribution is -1.97. The Hall–Kier alpha value is -0.820. The molecule has 0 aromatic heterocycles. The maximum absolute atomic E-state index is 9.82. The van der Waals surface area contributed by atoms with E-state index in [1.807, 2.05) is 0 Å². The average molecular weight is 439 g/mol. The lowest BCUT2D eigenvalue weighted by Gasteiger charge is -2.17. The number of halogens is 6. The van der Waals surface area contributed by atoms with E-state index in [0.29, 0.717) is 0 Å². The highest BCUT2D eigenvalue weighted by molar-refractivity contribution is 6.48. The zero-order valence-electron chi connectivity index (χ0n) is 10.7. The first kappa shape index (κ1) is 18.5. The van der Waals surface area contributed by atoms with Crippen molar-refractivity contribution in [2.75, 3.05) is 11.5 Å². The van der Waals surface area contributed by atoms with Crippen molar-refractivity contribution in [3.8, 4) is 23.0 Å². The van der Waals surface area contributed by atoms with Gasteiger partial charge in [-0.25, -0.2) is 0 Å². The normalized spacial score (nSPS) is 10.9. The summed E-state index contributed by atoms with van der Waals surface area (Å²) in [5.74, 6) is -1.66. The molecular weight excluding hydrogens is 433 g/mol. The fraction of sp³-hybridized carbons (Fsp3) is 0. The molecule has 6 N–H and O–H groups in total. The Morgan fingerprint density at radius 1 is 0.565 bits per heavy atom. The van der Waals surface area contributed by atoms with E-state index in [2.05, 4.69) is 0 Å². The predicted molar refractivity (Wildman–Crippen MR) is 95.2 cm³/mol. The molecule has 0 spiro atoms. The molecule has 0 amide bonds. The molecule has 0 aliphatic rings. The summed E-state index contributed by atoms with van der Waals surface area (Å²) < 4.78 is 5.41. The molecule has 2 rings (SSSR count). The summed E-state index contributed by atoms with van der Waals surface area (Å²) in [6.07, 6.45) is 0. The minimum atomic E-state index is -0.547. The van der Waals surface area contributed by atoms with Crippen LogP contribution in [0.2, 0.25) is 30.1 Å². The molecule has 11 heteroatoms. The summed E-state index contributed by atoms with van der Waals surface area (Å²) in [6.45, 7) is 0. The van der Waals surface area contributed by atoms with E-state index in [0.717, 1.165) is 0 Å². The molecule has 0 saturated carbocycles. The lowest BCUT2D eigenvalue weighted by atomic mass is 10.2. The highest BCUT2D eigenvalue weighted by Crippen LogP contribution is 2.54. The van der Waals surface area contributed by atoms with Crippen LogP contribution in [0.1, 0.15) is 0 Å². The molecule has 0 saturated heterocycles. The molecule has 0 aliphatic heterocycles. The van der Waals surface area contributed by atoms with Gasteiger partial charge in [0.2, 0.25) is 0 Å². The Labute approximate surface area is 160 Å². The lowest BCUT2D eigenvalue weighted by molar-refractivity contribution is 0.449. The Bertz CT molecular complexity index is 702. The third-order valence-electron chi connectivity index (χ3n) is 2.79. The number of hydrogen-bond donors (Lipinski definition) is 4. The zero-order valence-corrected chi connectivity index (χ0v) is 15.3. The van der Waals surface area contributed by atoms with E-state index in [9.17, 15) is 10.2 Å². The van der Waals surface area contributed by atoms with Crippen LogP contribution in [0, 0.1) is 0 Å². The Morgan fingerprint density at radius 2 is 0.870 bits per heavy atom. The van der Waals surface area contributed by atoms with Crippen LogP contribution in [0.15, 0.2) is 0 Å². The first-order valence-corrected chi connectivity index (χ1v) is 7.83. The van der Waals surface area contributed by atoms with Crippen molar-refractivity contribution < 1.29 is 14.9 Å². The number of anilines is 2. The Morgan fingerprint density at radius 3 is 1.17 bits per heavy atom. The summed E-state index contributed by atoms with van der Waals surface area (Å²) in [6, 6.07) is 0. The van der Waals surface area contributed by atoms with Crippen LogP contribution in [0.5, 0.6) is 23.0 Å². The number of phenolic OH excluding ortho intramolecular Hbond substituents is 2. The van der Waals surface area contributed by atoms with Crippen LogP contribution in [0.4, 0.5) is 11.4 Å². The maximum atomic E-state index is 9.82. The number of ether oxygens (including phenoxy) is 1. The van der Waals surface area contributed by atoms with Gasteiger partial charge in [0, 0.05) is 0 Å². The summed E-state index contributed by atoms with van der Waals surface area (Å²) >= 11 is 35.6. The first-order chi connectivity index (χ1) is 10.6. The predicted octanol–water partition coefficient (Wildman–Crippen LogP) is 5.97. The van der Waals surface area contributed by atoms with E-state index in [4.69, 9.17) is 85.8 Å². The van der Waals surface area contributed by atoms with Gasteiger partial charge in [-0.15, -0.1) is 0 Å². The van der Waals surface area contributed by atoms with Gasteiger partial charge in [0.05, 0.1) is 21.4 Å². The molecule has 0 aliphatic carbocycles. The quantitative estimate of drug-likeness (QED) is 0.262. The van der Waals surface area contributed by atoms with Gasteiger partial charge < -0.3 is 26.4 Å². The maximum Gasteiger partial charge on any atom is 0.170 e. The van der Waals surface area contributed by atoms with E-state index in [1.165, 1.54) is 0 Å². The monoisotopic (exact) mass is 436 g/mol. The average Bonchev–Trinajstić information content (AvgIpc) is 2.54. The highest BCUT2D eigenvalue weighted by Gasteiger charge is 2.26. The molecule has 5 nitrogen and oxygen atoms in total. The van der Waals surface area contributed by atoms with Gasteiger partial charge in [-0.2, -0.15) is 0 Å². The van der Waals surface area contributed by atoms with Crippen molar-refractivity contribution in [2.45, 2.75) is 0 Å². The smallest absolute Gasteiger partial charge is 0.170 e. The highest BCUT2D eigenvalue weighted by atomic mass is 35.5. The zero-order chi connectivity index (χ0) is 17.6. The first-order valence-electron chi connectivity index (χ1n) is 5.57. The van der Waals surface area contributed by atoms with Crippen LogP contribution in [0.25, 0.3) is 0 Å². The molecule has 2 aromatic rings. The minimum absolute atomic E-state index is 0.193. The van der Waals surface area contributed by atoms with E-state index in [1.54, 1.807) is 0 Å². The van der Waals surface area contributed by atoms with Gasteiger partial charge in [-0.05, 0) is 0 Å². The molecule has 0 bridgehead atoms. The number of benzene rings is 2. The SMILES string of the molecule is Nc1c(O)c(Cl)c(Oc2c(Cl)c(O)c(N)c(Cl)c2Cl)c(Cl)c1Cl. The van der Waals surface area contributed by atoms with Gasteiger partial charge in [0.15, 0.2) is 23.0 Å². The number of rotatable bonds is 2. The van der Waals surface area contributed by atoms with Crippen LogP contribution >= 0.6 is 69.6 Å². The van der Waals surface area contributed by atoms with Crippen molar-refractivity contribution in [3.05, 3.63) is 30.1 Å². The second-order valence-electron chi connectivity index (χ2n) is 4.17. The molecule has 0 atom stereocenters. The van der Waals surface area contributed by atoms with Gasteiger partial charge >= 0.3 is 0 Å². The Balaban J connectivity index is 2.71. The number of aromatic hydroxyl groups is 2. The molecule has 124 valence electrons. The molecule has 2 aromatic carbocycles. The largest absolute Gasteiger partial charge is 0.504 e. The van der Waals surface area contributed by atoms with Gasteiger partial charge in [-0.1, -0.05) is 69.6 Å². The third kappa shape index (κ3) is 2.97. The molecule has 23 heavy (non-hydrogen) atoms. The summed E-state index contributed by atoms with van der Waals surface area (Å²) in [4.78, 5) is 0. The second-order valence-corrected chi connectivity index (χ2v) is 6.44. The fourth-order valence-corrected chi connectivity index (χ4v) is 2.96. The van der Waals surface area contributed by atoms with Crippen molar-refractivity contribution in [3.63, 3.8) is 0 Å². The van der Waals surface area contributed by atoms with Crippen LogP contribution in [0.3, 0.4) is 0 Å². The van der Waals surface area contributed by atoms with Gasteiger partial charge in [0.1, 0.15) is 20.1 Å². The molecular formula is C12H6Cl6N2O3. The van der Waals surface area contributed by atoms with Crippen molar-refractivity contribution >= 4 is 81.0 Å². The van der Waals surface area contributed by atoms with Crippen molar-refractivity contribution in [1.29, 1.82) is 0 Å². The standard InChI is InChI=1S/C12H6Cl6N2O3/c13-1-3(15)11(5(17)9(21)7(1)19)23-12-4(16)2(14)8(20)10(22)6(12)18/h21-22H,19-20H2. The number of hydrogen-bond acceptors (Lipinski definition) is 5. The number of nitrogens with two attached hydrogens (primary N) is 2. The molecule has 0 heterocycles. The Kier molecular flexibility index (Phi) is 5.31. The summed E-state index contributed by atoms with van der Waals surface area (Å²) in [7, 11) is 0. The summed E-state index contributed by atoms with van der Waals surface area (Å²) in [5.41, 5.74) is 10.6. The molecule has 0 radical (unpaired) electrons. The minimum Gasteiger partial charge on any atom is -0.504 e. The van der Waals surface area contributed by atoms with Crippen LogP contribution in [-0.4, -0.2) is 10.2 Å². The molecule has 0 fully saturated rings.